The maximum Gasteiger partial charge on any atom is 0.143 e. The minimum absolute atomic E-state index is 0.905. The number of hydrogen-bond donors (Lipinski definition) is 0. The van der Waals surface area contributed by atoms with Gasteiger partial charge in [0.05, 0.1) is 22.7 Å². The van der Waals surface area contributed by atoms with E-state index in [1.165, 1.54) is 77.1 Å². The van der Waals surface area contributed by atoms with Gasteiger partial charge in [0.1, 0.15) is 22.3 Å². The third-order valence-corrected chi connectivity index (χ3v) is 15.5. The molecule has 0 saturated carbocycles. The average molecular weight is 953 g/mol. The summed E-state index contributed by atoms with van der Waals surface area (Å²) in [5.74, 6) is 0. The first-order chi connectivity index (χ1) is 36.2. The van der Waals surface area contributed by atoms with Gasteiger partial charge in [-0.3, -0.25) is 0 Å². The Morgan fingerprint density at radius 2 is 0.689 bits per heavy atom. The predicted molar refractivity (Wildman–Crippen MR) is 313 cm³/mol. The lowest BCUT2D eigenvalue weighted by atomic mass is 9.90. The molecule has 0 aliphatic heterocycles. The number of nitrogens with zero attached hydrogens (tertiary/aromatic N) is 2. The molecule has 0 spiro atoms. The summed E-state index contributed by atoms with van der Waals surface area (Å²) in [6, 6.07) is 75.5. The molecule has 0 N–H and O–H groups in total. The lowest BCUT2D eigenvalue weighted by Gasteiger charge is -2.32. The van der Waals surface area contributed by atoms with Crippen LogP contribution in [0.5, 0.6) is 0 Å². The van der Waals surface area contributed by atoms with E-state index < -0.39 is 0 Å². The monoisotopic (exact) mass is 952 g/mol. The van der Waals surface area contributed by atoms with Crippen molar-refractivity contribution in [3.63, 3.8) is 0 Å². The summed E-state index contributed by atoms with van der Waals surface area (Å²) in [5, 5.41) is 11.9. The van der Waals surface area contributed by atoms with Crippen LogP contribution >= 0.6 is 0 Å². The molecule has 0 amide bonds. The lowest BCUT2D eigenvalue weighted by Crippen LogP contribution is -2.14. The van der Waals surface area contributed by atoms with Crippen molar-refractivity contribution in [1.29, 1.82) is 0 Å². The van der Waals surface area contributed by atoms with Crippen molar-refractivity contribution in [3.05, 3.63) is 240 Å². The van der Waals surface area contributed by atoms with E-state index in [9.17, 15) is 0 Å². The number of fused-ring (bicyclic) bond motifs is 6. The molecular formula is C70H52N2O2. The highest BCUT2D eigenvalue weighted by Crippen LogP contribution is 2.51. The number of benzene rings is 12. The second-order valence-electron chi connectivity index (χ2n) is 20.4. The Hall–Kier alpha value is -9.12. The van der Waals surface area contributed by atoms with E-state index in [0.717, 1.165) is 88.9 Å². The summed E-state index contributed by atoms with van der Waals surface area (Å²) in [6.07, 6.45) is 0. The Morgan fingerprint density at radius 1 is 0.311 bits per heavy atom. The summed E-state index contributed by atoms with van der Waals surface area (Å²) in [4.78, 5) is 4.99. The molecule has 0 radical (unpaired) electrons. The predicted octanol–water partition coefficient (Wildman–Crippen LogP) is 20.5. The molecular weight excluding hydrogens is 901 g/mol. The molecule has 0 unspecified atom stereocenters. The first-order valence-corrected chi connectivity index (χ1v) is 25.6. The van der Waals surface area contributed by atoms with Crippen LogP contribution in [0.15, 0.2) is 215 Å². The Balaban J connectivity index is 0.952. The summed E-state index contributed by atoms with van der Waals surface area (Å²) < 4.78 is 13.1. The number of para-hydroxylation sites is 4. The number of hydrogen-bond acceptors (Lipinski definition) is 4. The summed E-state index contributed by atoms with van der Waals surface area (Å²) in [5.41, 5.74) is 22.1. The van der Waals surface area contributed by atoms with Crippen LogP contribution in [-0.4, -0.2) is 0 Å². The van der Waals surface area contributed by atoms with Crippen LogP contribution < -0.4 is 9.80 Å². The van der Waals surface area contributed by atoms with Crippen LogP contribution in [0.3, 0.4) is 0 Å². The Labute approximate surface area is 430 Å². The summed E-state index contributed by atoms with van der Waals surface area (Å²) in [7, 11) is 0. The van der Waals surface area contributed by atoms with Gasteiger partial charge in [0.2, 0.25) is 0 Å². The molecule has 354 valence electrons. The van der Waals surface area contributed by atoms with Gasteiger partial charge in [-0.05, 0) is 180 Å². The first-order valence-electron chi connectivity index (χ1n) is 25.6. The Kier molecular flexibility index (Phi) is 9.87. The largest absolute Gasteiger partial charge is 0.455 e. The van der Waals surface area contributed by atoms with E-state index in [4.69, 9.17) is 8.83 Å². The third-order valence-electron chi connectivity index (χ3n) is 15.5. The van der Waals surface area contributed by atoms with Gasteiger partial charge in [0.25, 0.3) is 0 Å². The fraction of sp³-hybridized carbons (Fsp3) is 0.0857. The first kappa shape index (κ1) is 43.7. The van der Waals surface area contributed by atoms with Gasteiger partial charge in [-0.2, -0.15) is 0 Å². The maximum atomic E-state index is 6.57. The van der Waals surface area contributed by atoms with E-state index in [1.807, 2.05) is 12.1 Å². The molecule has 74 heavy (non-hydrogen) atoms. The standard InChI is InChI=1S/C70H52N2O2/c1-41-15-11-17-51(35-41)71(67-43(3)37-49(38-44(67)4)53-21-13-23-57-55-19-7-9-25-63(55)73-69(53)57)61-33-29-47-28-32-60-62(34-30-48-27-31-59(61)65(47)66(48)60)72(52-18-12-16-42(2)36-52)68-45(5)39-50(40-46(68)6)54-22-14-24-58-56-20-8-10-26-64(56)74-70(54)58/h7-40H,1-6H3. The lowest BCUT2D eigenvalue weighted by molar-refractivity contribution is 0.669. The van der Waals surface area contributed by atoms with Crippen molar-refractivity contribution in [2.24, 2.45) is 0 Å². The topological polar surface area (TPSA) is 32.8 Å². The van der Waals surface area contributed by atoms with Crippen LogP contribution in [0.4, 0.5) is 34.1 Å². The molecule has 0 aliphatic rings. The van der Waals surface area contributed by atoms with Crippen LogP contribution in [0.25, 0.3) is 98.4 Å². The second-order valence-corrected chi connectivity index (χ2v) is 20.4. The molecule has 14 rings (SSSR count). The Bertz CT molecular complexity index is 4250. The minimum atomic E-state index is 0.905. The van der Waals surface area contributed by atoms with Gasteiger partial charge in [0, 0.05) is 54.8 Å². The molecule has 0 bridgehead atoms. The van der Waals surface area contributed by atoms with Crippen molar-refractivity contribution in [1.82, 2.24) is 0 Å². The zero-order valence-corrected chi connectivity index (χ0v) is 42.3. The number of furan rings is 2. The van der Waals surface area contributed by atoms with E-state index >= 15 is 0 Å². The molecule has 0 atom stereocenters. The fourth-order valence-corrected chi connectivity index (χ4v) is 12.3. The quantitative estimate of drug-likeness (QED) is 0.142. The molecule has 2 aromatic heterocycles. The molecule has 4 nitrogen and oxygen atoms in total. The van der Waals surface area contributed by atoms with Crippen molar-refractivity contribution in [3.8, 4) is 22.3 Å². The van der Waals surface area contributed by atoms with Gasteiger partial charge in [-0.25, -0.2) is 0 Å². The van der Waals surface area contributed by atoms with Crippen LogP contribution in [0, 0.1) is 41.5 Å². The average Bonchev–Trinajstić information content (AvgIpc) is 3.99. The third kappa shape index (κ3) is 6.75. The van der Waals surface area contributed by atoms with E-state index in [1.54, 1.807) is 0 Å². The van der Waals surface area contributed by atoms with E-state index in [2.05, 4.69) is 245 Å². The highest BCUT2D eigenvalue weighted by molar-refractivity contribution is 6.28. The number of aryl methyl sites for hydroxylation is 6. The van der Waals surface area contributed by atoms with Crippen molar-refractivity contribution in [2.75, 3.05) is 9.80 Å². The zero-order valence-electron chi connectivity index (χ0n) is 42.3. The maximum absolute atomic E-state index is 6.57. The van der Waals surface area contributed by atoms with Crippen molar-refractivity contribution >= 4 is 110 Å². The summed E-state index contributed by atoms with van der Waals surface area (Å²) >= 11 is 0. The van der Waals surface area contributed by atoms with Crippen LogP contribution in [0.2, 0.25) is 0 Å². The number of rotatable bonds is 8. The van der Waals surface area contributed by atoms with Crippen LogP contribution in [0.1, 0.15) is 33.4 Å². The molecule has 14 aromatic rings. The van der Waals surface area contributed by atoms with E-state index in [-0.39, 0.29) is 0 Å². The SMILES string of the molecule is Cc1cccc(N(c2c(C)cc(-c3cccc4c3oc3ccccc34)cc2C)c2ccc3ccc4c(N(c5cccc(C)c5)c5c(C)cc(-c6cccc7c6oc6ccccc67)cc5C)ccc5ccc2c3c54)c1. The van der Waals surface area contributed by atoms with Gasteiger partial charge >= 0.3 is 0 Å². The van der Waals surface area contributed by atoms with Gasteiger partial charge in [-0.1, -0.05) is 133 Å². The molecule has 2 heterocycles. The van der Waals surface area contributed by atoms with Crippen molar-refractivity contribution in [2.45, 2.75) is 41.5 Å². The summed E-state index contributed by atoms with van der Waals surface area (Å²) in [6.45, 7) is 13.4. The molecule has 0 aliphatic carbocycles. The minimum Gasteiger partial charge on any atom is -0.455 e. The molecule has 12 aromatic carbocycles. The second kappa shape index (κ2) is 16.7. The van der Waals surface area contributed by atoms with E-state index in [0.29, 0.717) is 0 Å². The van der Waals surface area contributed by atoms with Gasteiger partial charge in [-0.15, -0.1) is 0 Å². The Morgan fingerprint density at radius 3 is 1.11 bits per heavy atom. The van der Waals surface area contributed by atoms with Gasteiger partial charge in [0.15, 0.2) is 0 Å². The zero-order chi connectivity index (χ0) is 49.9. The van der Waals surface area contributed by atoms with Crippen LogP contribution in [-0.2, 0) is 0 Å². The molecule has 4 heteroatoms. The number of anilines is 6. The molecule has 0 saturated heterocycles. The normalized spacial score (nSPS) is 11.9. The highest BCUT2D eigenvalue weighted by atomic mass is 16.3. The smallest absolute Gasteiger partial charge is 0.143 e. The highest BCUT2D eigenvalue weighted by Gasteiger charge is 2.26. The fourth-order valence-electron chi connectivity index (χ4n) is 12.3. The van der Waals surface area contributed by atoms with Gasteiger partial charge < -0.3 is 18.6 Å². The van der Waals surface area contributed by atoms with Crippen molar-refractivity contribution < 1.29 is 8.83 Å². The molecule has 0 fully saturated rings.